The van der Waals surface area contributed by atoms with Crippen molar-refractivity contribution in [1.29, 1.82) is 0 Å². The zero-order valence-electron chi connectivity index (χ0n) is 8.78. The van der Waals surface area contributed by atoms with Gasteiger partial charge in [-0.25, -0.2) is 0 Å². The molecule has 0 unspecified atom stereocenters. The maximum Gasteiger partial charge on any atom is 0.0123 e. The second-order valence-electron chi connectivity index (χ2n) is 4.07. The highest BCUT2D eigenvalue weighted by molar-refractivity contribution is 8.00. The molecule has 0 bridgehead atoms. The van der Waals surface area contributed by atoms with Gasteiger partial charge in [-0.1, -0.05) is 38.0 Å². The van der Waals surface area contributed by atoms with Crippen LogP contribution in [0.15, 0.2) is 35.2 Å². The van der Waals surface area contributed by atoms with Crippen molar-refractivity contribution in [2.45, 2.75) is 42.8 Å². The number of hydrogen-bond acceptors (Lipinski definition) is 1. The Bertz CT molecular complexity index is 268. The molecule has 76 valence electrons. The van der Waals surface area contributed by atoms with E-state index in [0.29, 0.717) is 0 Å². The first-order chi connectivity index (χ1) is 6.90. The molecule has 0 spiro atoms. The SMILES string of the molecule is CC[C@@H]1CCC[C@H]1Sc1ccccc1. The molecule has 0 heterocycles. The van der Waals surface area contributed by atoms with Crippen LogP contribution in [-0.2, 0) is 0 Å². The zero-order valence-corrected chi connectivity index (χ0v) is 9.59. The summed E-state index contributed by atoms with van der Waals surface area (Å²) in [5, 5.41) is 0.877. The fourth-order valence-corrected chi connectivity index (χ4v) is 3.77. The van der Waals surface area contributed by atoms with Crippen LogP contribution < -0.4 is 0 Å². The molecule has 0 nitrogen and oxygen atoms in total. The van der Waals surface area contributed by atoms with E-state index in [-0.39, 0.29) is 0 Å². The Balaban J connectivity index is 1.97. The minimum Gasteiger partial charge on any atom is -0.122 e. The minimum absolute atomic E-state index is 0.877. The second kappa shape index (κ2) is 4.88. The number of hydrogen-bond donors (Lipinski definition) is 0. The van der Waals surface area contributed by atoms with E-state index in [1.165, 1.54) is 30.6 Å². The van der Waals surface area contributed by atoms with Crippen molar-refractivity contribution in [3.8, 4) is 0 Å². The van der Waals surface area contributed by atoms with Gasteiger partial charge in [-0.2, -0.15) is 0 Å². The lowest BCUT2D eigenvalue weighted by atomic mass is 10.1. The molecule has 14 heavy (non-hydrogen) atoms. The summed E-state index contributed by atoms with van der Waals surface area (Å²) in [5.41, 5.74) is 0. The summed E-state index contributed by atoms with van der Waals surface area (Å²) >= 11 is 2.08. The molecule has 0 N–H and O–H groups in total. The smallest absolute Gasteiger partial charge is 0.0123 e. The Hall–Kier alpha value is -0.430. The van der Waals surface area contributed by atoms with E-state index in [1.54, 1.807) is 0 Å². The van der Waals surface area contributed by atoms with E-state index in [1.807, 2.05) is 0 Å². The van der Waals surface area contributed by atoms with Gasteiger partial charge in [-0.05, 0) is 30.9 Å². The molecule has 1 aliphatic carbocycles. The number of thioether (sulfide) groups is 1. The molecule has 0 aliphatic heterocycles. The number of benzene rings is 1. The van der Waals surface area contributed by atoms with Gasteiger partial charge in [-0.3, -0.25) is 0 Å². The van der Waals surface area contributed by atoms with Gasteiger partial charge in [0.15, 0.2) is 0 Å². The highest BCUT2D eigenvalue weighted by atomic mass is 32.2. The average molecular weight is 206 g/mol. The molecule has 0 radical (unpaired) electrons. The highest BCUT2D eigenvalue weighted by Gasteiger charge is 2.26. The summed E-state index contributed by atoms with van der Waals surface area (Å²) in [5.74, 6) is 0.959. The largest absolute Gasteiger partial charge is 0.122 e. The van der Waals surface area contributed by atoms with Gasteiger partial charge in [-0.15, -0.1) is 11.8 Å². The lowest BCUT2D eigenvalue weighted by Crippen LogP contribution is -2.08. The first kappa shape index (κ1) is 10.1. The van der Waals surface area contributed by atoms with Crippen molar-refractivity contribution in [2.75, 3.05) is 0 Å². The first-order valence-electron chi connectivity index (χ1n) is 5.62. The van der Waals surface area contributed by atoms with Crippen molar-refractivity contribution in [2.24, 2.45) is 5.92 Å². The van der Waals surface area contributed by atoms with E-state index in [2.05, 4.69) is 49.0 Å². The van der Waals surface area contributed by atoms with Gasteiger partial charge < -0.3 is 0 Å². The third-order valence-corrected chi connectivity index (χ3v) is 4.61. The van der Waals surface area contributed by atoms with Gasteiger partial charge in [0.25, 0.3) is 0 Å². The molecular formula is C13H18S. The van der Waals surface area contributed by atoms with Crippen LogP contribution in [0.25, 0.3) is 0 Å². The maximum atomic E-state index is 2.33. The first-order valence-corrected chi connectivity index (χ1v) is 6.50. The topological polar surface area (TPSA) is 0 Å². The van der Waals surface area contributed by atoms with E-state index >= 15 is 0 Å². The van der Waals surface area contributed by atoms with Gasteiger partial charge in [0.05, 0.1) is 0 Å². The summed E-state index contributed by atoms with van der Waals surface area (Å²) in [6.07, 6.45) is 5.65. The summed E-state index contributed by atoms with van der Waals surface area (Å²) < 4.78 is 0. The standard InChI is InChI=1S/C13H18S/c1-2-11-7-6-10-13(11)14-12-8-4-3-5-9-12/h3-5,8-9,11,13H,2,6-7,10H2,1H3/t11-,13-/m1/s1. The van der Waals surface area contributed by atoms with E-state index < -0.39 is 0 Å². The molecule has 0 amide bonds. The van der Waals surface area contributed by atoms with Gasteiger partial charge in [0.2, 0.25) is 0 Å². The van der Waals surface area contributed by atoms with Gasteiger partial charge in [0, 0.05) is 10.1 Å². The summed E-state index contributed by atoms with van der Waals surface area (Å²) in [7, 11) is 0. The Morgan fingerprint density at radius 3 is 2.71 bits per heavy atom. The molecule has 1 aliphatic rings. The van der Waals surface area contributed by atoms with Crippen molar-refractivity contribution < 1.29 is 0 Å². The molecule has 2 atom stereocenters. The molecular weight excluding hydrogens is 188 g/mol. The van der Waals surface area contributed by atoms with Crippen molar-refractivity contribution in [3.05, 3.63) is 30.3 Å². The zero-order chi connectivity index (χ0) is 9.80. The highest BCUT2D eigenvalue weighted by Crippen LogP contribution is 2.40. The van der Waals surface area contributed by atoms with E-state index in [9.17, 15) is 0 Å². The third-order valence-electron chi connectivity index (χ3n) is 3.14. The van der Waals surface area contributed by atoms with Crippen molar-refractivity contribution >= 4 is 11.8 Å². The third kappa shape index (κ3) is 2.33. The lowest BCUT2D eigenvalue weighted by molar-refractivity contribution is 0.541. The Morgan fingerprint density at radius 1 is 1.21 bits per heavy atom. The molecule has 1 heteroatoms. The Labute approximate surface area is 91.1 Å². The minimum atomic E-state index is 0.877. The van der Waals surface area contributed by atoms with Crippen molar-refractivity contribution in [1.82, 2.24) is 0 Å². The lowest BCUT2D eigenvalue weighted by Gasteiger charge is -2.17. The van der Waals surface area contributed by atoms with Crippen molar-refractivity contribution in [3.63, 3.8) is 0 Å². The molecule has 2 rings (SSSR count). The predicted molar refractivity (Wildman–Crippen MR) is 63.7 cm³/mol. The maximum absolute atomic E-state index is 2.33. The van der Waals surface area contributed by atoms with Crippen LogP contribution in [-0.4, -0.2) is 5.25 Å². The fourth-order valence-electron chi connectivity index (χ4n) is 2.30. The molecule has 1 fully saturated rings. The van der Waals surface area contributed by atoms with E-state index in [0.717, 1.165) is 11.2 Å². The summed E-state index contributed by atoms with van der Waals surface area (Å²) in [6.45, 7) is 2.33. The predicted octanol–water partition coefficient (Wildman–Crippen LogP) is 4.36. The van der Waals surface area contributed by atoms with Gasteiger partial charge in [0.1, 0.15) is 0 Å². The van der Waals surface area contributed by atoms with Crippen LogP contribution in [0.5, 0.6) is 0 Å². The Morgan fingerprint density at radius 2 is 2.00 bits per heavy atom. The summed E-state index contributed by atoms with van der Waals surface area (Å²) in [4.78, 5) is 1.44. The van der Waals surface area contributed by atoms with Gasteiger partial charge >= 0.3 is 0 Å². The second-order valence-corrected chi connectivity index (χ2v) is 5.38. The van der Waals surface area contributed by atoms with Crippen LogP contribution in [0.4, 0.5) is 0 Å². The number of rotatable bonds is 3. The van der Waals surface area contributed by atoms with Crippen LogP contribution in [0, 0.1) is 5.92 Å². The molecule has 0 aromatic heterocycles. The molecule has 0 saturated heterocycles. The average Bonchev–Trinajstić information content (AvgIpc) is 2.67. The normalized spacial score (nSPS) is 26.6. The van der Waals surface area contributed by atoms with E-state index in [4.69, 9.17) is 0 Å². The quantitative estimate of drug-likeness (QED) is 0.708. The Kier molecular flexibility index (Phi) is 3.52. The molecule has 1 aromatic rings. The molecule has 1 saturated carbocycles. The van der Waals surface area contributed by atoms with Crippen LogP contribution >= 0.6 is 11.8 Å². The van der Waals surface area contributed by atoms with Crippen LogP contribution in [0.1, 0.15) is 32.6 Å². The summed E-state index contributed by atoms with van der Waals surface area (Å²) in [6, 6.07) is 10.8. The van der Waals surface area contributed by atoms with Crippen LogP contribution in [0.2, 0.25) is 0 Å². The molecule has 1 aromatic carbocycles. The van der Waals surface area contributed by atoms with Crippen LogP contribution in [0.3, 0.4) is 0 Å². The fraction of sp³-hybridized carbons (Fsp3) is 0.538. The monoisotopic (exact) mass is 206 g/mol.